The lowest BCUT2D eigenvalue weighted by molar-refractivity contribution is -0.137. The molecule has 0 aliphatic rings. The minimum absolute atomic E-state index is 0.336. The van der Waals surface area contributed by atoms with Gasteiger partial charge in [-0.2, -0.15) is 0 Å². The number of pyridine rings is 1. The number of nitrogens with zero attached hydrogens (tertiary/aromatic N) is 1. The molecule has 0 unspecified atom stereocenters. The standard InChI is InChI=1S/C18H15N3O4/c19-14-4-3-11-7-13(2-1-12(11)8-14)18(25)20-15-5-6-16(22)21(9-15)10-17(23)24/h1-9H,10,19H2,(H,20,25)(H,23,24). The summed E-state index contributed by atoms with van der Waals surface area (Å²) in [4.78, 5) is 34.8. The molecule has 0 saturated carbocycles. The maximum Gasteiger partial charge on any atom is 0.323 e. The van der Waals surface area contributed by atoms with Crippen molar-refractivity contribution in [1.29, 1.82) is 0 Å². The van der Waals surface area contributed by atoms with Crippen molar-refractivity contribution < 1.29 is 14.7 Å². The number of carbonyl (C=O) groups excluding carboxylic acids is 1. The smallest absolute Gasteiger partial charge is 0.323 e. The average Bonchev–Trinajstić information content (AvgIpc) is 2.57. The Bertz CT molecular complexity index is 1040. The Labute approximate surface area is 142 Å². The number of benzene rings is 2. The maximum atomic E-state index is 12.4. The van der Waals surface area contributed by atoms with Gasteiger partial charge in [-0.05, 0) is 41.1 Å². The molecule has 3 rings (SSSR count). The quantitative estimate of drug-likeness (QED) is 0.629. The molecule has 0 bridgehead atoms. The highest BCUT2D eigenvalue weighted by Crippen LogP contribution is 2.19. The second-order valence-corrected chi connectivity index (χ2v) is 5.55. The van der Waals surface area contributed by atoms with Gasteiger partial charge in [-0.25, -0.2) is 0 Å². The number of nitrogen functional groups attached to an aromatic ring is 1. The zero-order chi connectivity index (χ0) is 18.0. The van der Waals surface area contributed by atoms with Crippen LogP contribution in [0.2, 0.25) is 0 Å². The van der Waals surface area contributed by atoms with E-state index in [4.69, 9.17) is 10.8 Å². The number of carboxylic acid groups (broad SMARTS) is 1. The molecule has 0 saturated heterocycles. The van der Waals surface area contributed by atoms with Gasteiger partial charge < -0.3 is 20.7 Å². The highest BCUT2D eigenvalue weighted by Gasteiger charge is 2.09. The molecule has 0 fully saturated rings. The van der Waals surface area contributed by atoms with E-state index in [1.165, 1.54) is 18.3 Å². The Balaban J connectivity index is 1.86. The van der Waals surface area contributed by atoms with Gasteiger partial charge in [0, 0.05) is 23.5 Å². The molecule has 7 heteroatoms. The minimum atomic E-state index is -1.14. The second-order valence-electron chi connectivity index (χ2n) is 5.55. The van der Waals surface area contributed by atoms with E-state index < -0.39 is 18.1 Å². The summed E-state index contributed by atoms with van der Waals surface area (Å²) >= 11 is 0. The number of anilines is 2. The fourth-order valence-corrected chi connectivity index (χ4v) is 2.48. The summed E-state index contributed by atoms with van der Waals surface area (Å²) in [5.41, 5.74) is 6.70. The summed E-state index contributed by atoms with van der Waals surface area (Å²) in [6.07, 6.45) is 1.30. The number of carbonyl (C=O) groups is 2. The molecular weight excluding hydrogens is 322 g/mol. The first-order chi connectivity index (χ1) is 11.9. The van der Waals surface area contributed by atoms with Crippen molar-refractivity contribution in [1.82, 2.24) is 4.57 Å². The van der Waals surface area contributed by atoms with Gasteiger partial charge in [0.05, 0.1) is 5.69 Å². The van der Waals surface area contributed by atoms with Gasteiger partial charge in [-0.1, -0.05) is 12.1 Å². The summed E-state index contributed by atoms with van der Waals surface area (Å²) in [6, 6.07) is 13.2. The molecule has 1 heterocycles. The average molecular weight is 337 g/mol. The number of carboxylic acids is 1. The Morgan fingerprint density at radius 3 is 2.52 bits per heavy atom. The first kappa shape index (κ1) is 16.3. The van der Waals surface area contributed by atoms with Gasteiger partial charge in [-0.15, -0.1) is 0 Å². The zero-order valence-electron chi connectivity index (χ0n) is 13.1. The first-order valence-electron chi connectivity index (χ1n) is 7.45. The van der Waals surface area contributed by atoms with Crippen LogP contribution in [0.25, 0.3) is 10.8 Å². The van der Waals surface area contributed by atoms with Crippen LogP contribution in [0, 0.1) is 0 Å². The van der Waals surface area contributed by atoms with Gasteiger partial charge >= 0.3 is 5.97 Å². The Morgan fingerprint density at radius 1 is 1.04 bits per heavy atom. The molecule has 0 radical (unpaired) electrons. The van der Waals surface area contributed by atoms with E-state index in [1.54, 1.807) is 24.3 Å². The third kappa shape index (κ3) is 3.66. The molecule has 25 heavy (non-hydrogen) atoms. The topological polar surface area (TPSA) is 114 Å². The third-order valence-corrected chi connectivity index (χ3v) is 3.67. The number of hydrogen-bond donors (Lipinski definition) is 3. The molecule has 0 spiro atoms. The number of rotatable bonds is 4. The molecule has 1 aromatic heterocycles. The van der Waals surface area contributed by atoms with Gasteiger partial charge in [0.25, 0.3) is 11.5 Å². The molecule has 7 nitrogen and oxygen atoms in total. The Morgan fingerprint density at radius 2 is 1.76 bits per heavy atom. The molecule has 126 valence electrons. The summed E-state index contributed by atoms with van der Waals surface area (Å²) in [6.45, 7) is -0.472. The predicted octanol–water partition coefficient (Wildman–Crippen LogP) is 1.92. The van der Waals surface area contributed by atoms with Crippen LogP contribution in [-0.4, -0.2) is 21.6 Å². The van der Waals surface area contributed by atoms with Crippen molar-refractivity contribution in [2.75, 3.05) is 11.1 Å². The first-order valence-corrected chi connectivity index (χ1v) is 7.45. The number of hydrogen-bond acceptors (Lipinski definition) is 4. The normalized spacial score (nSPS) is 10.6. The van der Waals surface area contributed by atoms with E-state index >= 15 is 0 Å². The monoisotopic (exact) mass is 337 g/mol. The van der Waals surface area contributed by atoms with Crippen LogP contribution in [0.1, 0.15) is 10.4 Å². The predicted molar refractivity (Wildman–Crippen MR) is 94.7 cm³/mol. The van der Waals surface area contributed by atoms with Crippen molar-refractivity contribution in [2.24, 2.45) is 0 Å². The van der Waals surface area contributed by atoms with E-state index in [2.05, 4.69) is 5.32 Å². The molecule has 0 atom stereocenters. The SMILES string of the molecule is Nc1ccc2cc(C(=O)Nc3ccc(=O)n(CC(=O)O)c3)ccc2c1. The molecule has 1 amide bonds. The van der Waals surface area contributed by atoms with Crippen LogP contribution >= 0.6 is 0 Å². The number of aliphatic carboxylic acids is 1. The van der Waals surface area contributed by atoms with Gasteiger partial charge in [0.15, 0.2) is 0 Å². The van der Waals surface area contributed by atoms with Crippen LogP contribution < -0.4 is 16.6 Å². The van der Waals surface area contributed by atoms with E-state index in [-0.39, 0.29) is 5.91 Å². The number of nitrogens with one attached hydrogen (secondary N) is 1. The van der Waals surface area contributed by atoms with Crippen molar-refractivity contribution >= 4 is 34.0 Å². The van der Waals surface area contributed by atoms with E-state index in [0.29, 0.717) is 16.9 Å². The van der Waals surface area contributed by atoms with Crippen LogP contribution in [0.3, 0.4) is 0 Å². The van der Waals surface area contributed by atoms with Crippen molar-refractivity contribution in [3.8, 4) is 0 Å². The van der Waals surface area contributed by atoms with Gasteiger partial charge in [0.2, 0.25) is 0 Å². The summed E-state index contributed by atoms with van der Waals surface area (Å²) in [5, 5.41) is 13.3. The van der Waals surface area contributed by atoms with Crippen LogP contribution in [-0.2, 0) is 11.3 Å². The highest BCUT2D eigenvalue weighted by atomic mass is 16.4. The lowest BCUT2D eigenvalue weighted by Crippen LogP contribution is -2.24. The fraction of sp³-hybridized carbons (Fsp3) is 0.0556. The minimum Gasteiger partial charge on any atom is -0.480 e. The van der Waals surface area contributed by atoms with Crippen LogP contribution in [0.4, 0.5) is 11.4 Å². The molecule has 2 aromatic carbocycles. The number of fused-ring (bicyclic) bond motifs is 1. The van der Waals surface area contributed by atoms with Crippen molar-refractivity contribution in [3.05, 3.63) is 70.6 Å². The second kappa shape index (κ2) is 6.48. The van der Waals surface area contributed by atoms with Crippen molar-refractivity contribution in [3.63, 3.8) is 0 Å². The Hall–Kier alpha value is -3.61. The summed E-state index contributed by atoms with van der Waals surface area (Å²) < 4.78 is 1.01. The lowest BCUT2D eigenvalue weighted by atomic mass is 10.1. The molecule has 0 aliphatic heterocycles. The van der Waals surface area contributed by atoms with Gasteiger partial charge in [-0.3, -0.25) is 14.4 Å². The van der Waals surface area contributed by atoms with E-state index in [0.717, 1.165) is 15.3 Å². The van der Waals surface area contributed by atoms with Crippen molar-refractivity contribution in [2.45, 2.75) is 6.54 Å². The van der Waals surface area contributed by atoms with E-state index in [1.807, 2.05) is 12.1 Å². The Kier molecular flexibility index (Phi) is 4.21. The van der Waals surface area contributed by atoms with Gasteiger partial charge in [0.1, 0.15) is 6.54 Å². The number of aromatic nitrogens is 1. The molecular formula is C18H15N3O4. The summed E-state index contributed by atoms with van der Waals surface area (Å²) in [5.74, 6) is -1.50. The van der Waals surface area contributed by atoms with E-state index in [9.17, 15) is 14.4 Å². The lowest BCUT2D eigenvalue weighted by Gasteiger charge is -2.09. The molecule has 3 aromatic rings. The number of amides is 1. The summed E-state index contributed by atoms with van der Waals surface area (Å²) in [7, 11) is 0. The molecule has 0 aliphatic carbocycles. The van der Waals surface area contributed by atoms with Crippen LogP contribution in [0.15, 0.2) is 59.5 Å². The zero-order valence-corrected chi connectivity index (χ0v) is 13.1. The third-order valence-electron chi connectivity index (χ3n) is 3.67. The highest BCUT2D eigenvalue weighted by molar-refractivity contribution is 6.06. The number of nitrogens with two attached hydrogens (primary N) is 1. The largest absolute Gasteiger partial charge is 0.480 e. The maximum absolute atomic E-state index is 12.4. The van der Waals surface area contributed by atoms with Crippen LogP contribution in [0.5, 0.6) is 0 Å². The fourth-order valence-electron chi connectivity index (χ4n) is 2.48. The molecule has 4 N–H and O–H groups in total.